The van der Waals surface area contributed by atoms with Crippen molar-refractivity contribution < 1.29 is 9.50 Å². The Hall–Kier alpha value is -1.88. The van der Waals surface area contributed by atoms with E-state index in [-0.39, 0.29) is 5.82 Å². The van der Waals surface area contributed by atoms with E-state index in [9.17, 15) is 9.50 Å². The number of hydrogen-bond donors (Lipinski definition) is 2. The lowest BCUT2D eigenvalue weighted by molar-refractivity contribution is 0.184. The fraction of sp³-hybridized carbons (Fsp3) is 0.400. The molecule has 2 rings (SSSR count). The van der Waals surface area contributed by atoms with Crippen LogP contribution in [0.3, 0.4) is 0 Å². The maximum absolute atomic E-state index is 12.8. The number of H-pyrrole nitrogens is 1. The molecule has 1 aromatic carbocycles. The monoisotopic (exact) mass is 277 g/mol. The molecule has 0 fully saturated rings. The average molecular weight is 277 g/mol. The highest BCUT2D eigenvalue weighted by molar-refractivity contribution is 5.39. The van der Waals surface area contributed by atoms with E-state index in [1.54, 1.807) is 12.1 Å². The maximum Gasteiger partial charge on any atom is 0.150 e. The molecule has 2 aromatic rings. The van der Waals surface area contributed by atoms with Gasteiger partial charge in [-0.1, -0.05) is 26.0 Å². The summed E-state index contributed by atoms with van der Waals surface area (Å²) in [5.41, 5.74) is 1.75. The summed E-state index contributed by atoms with van der Waals surface area (Å²) in [6.07, 6.45) is -0.681. The quantitative estimate of drug-likeness (QED) is 0.883. The normalized spacial score (nSPS) is 12.7. The number of likely N-dealkylation sites (N-methyl/N-ethyl adjacent to an activating group) is 1. The molecule has 0 amide bonds. The van der Waals surface area contributed by atoms with Gasteiger partial charge in [-0.2, -0.15) is 5.10 Å². The highest BCUT2D eigenvalue weighted by Crippen LogP contribution is 2.20. The molecule has 108 valence electrons. The van der Waals surface area contributed by atoms with Crippen molar-refractivity contribution in [3.05, 3.63) is 47.4 Å². The van der Waals surface area contributed by atoms with Crippen LogP contribution in [-0.2, 0) is 0 Å². The molecule has 5 heteroatoms. The molecule has 0 aliphatic heterocycles. The number of nitrogens with zero attached hydrogens (tertiary/aromatic N) is 2. The van der Waals surface area contributed by atoms with Crippen LogP contribution in [0.25, 0.3) is 0 Å². The third-order valence-corrected chi connectivity index (χ3v) is 3.30. The highest BCUT2D eigenvalue weighted by atomic mass is 19.1. The van der Waals surface area contributed by atoms with E-state index < -0.39 is 6.10 Å². The van der Waals surface area contributed by atoms with Crippen LogP contribution in [-0.4, -0.2) is 28.9 Å². The Bertz CT molecular complexity index is 551. The van der Waals surface area contributed by atoms with Gasteiger partial charge in [0.05, 0.1) is 6.10 Å². The smallest absolute Gasteiger partial charge is 0.150 e. The summed E-state index contributed by atoms with van der Waals surface area (Å²) >= 11 is 0. The number of anilines is 1. The zero-order chi connectivity index (χ0) is 14.7. The van der Waals surface area contributed by atoms with E-state index in [2.05, 4.69) is 24.0 Å². The van der Waals surface area contributed by atoms with Gasteiger partial charge in [-0.15, -0.1) is 0 Å². The molecular weight excluding hydrogens is 257 g/mol. The number of halogens is 1. The summed E-state index contributed by atoms with van der Waals surface area (Å²) in [7, 11) is 1.87. The number of aromatic nitrogens is 2. The van der Waals surface area contributed by atoms with Crippen molar-refractivity contribution in [2.75, 3.05) is 18.5 Å². The van der Waals surface area contributed by atoms with Crippen LogP contribution in [0.4, 0.5) is 10.2 Å². The van der Waals surface area contributed by atoms with Gasteiger partial charge >= 0.3 is 0 Å². The molecule has 20 heavy (non-hydrogen) atoms. The van der Waals surface area contributed by atoms with E-state index in [4.69, 9.17) is 0 Å². The second kappa shape index (κ2) is 6.05. The van der Waals surface area contributed by atoms with E-state index in [1.165, 1.54) is 12.1 Å². The number of hydrogen-bond acceptors (Lipinski definition) is 3. The van der Waals surface area contributed by atoms with Crippen molar-refractivity contribution >= 4 is 5.82 Å². The SMILES string of the molecule is CC(C)c1cc(N(C)C[C@@H](O)c2ccc(F)cc2)n[nH]1. The minimum Gasteiger partial charge on any atom is -0.387 e. The second-order valence-corrected chi connectivity index (χ2v) is 5.28. The molecule has 1 aromatic heterocycles. The van der Waals surface area contributed by atoms with Crippen LogP contribution in [0.15, 0.2) is 30.3 Å². The minimum absolute atomic E-state index is 0.303. The Kier molecular flexibility index (Phi) is 4.39. The van der Waals surface area contributed by atoms with Crippen molar-refractivity contribution in [1.82, 2.24) is 10.2 Å². The second-order valence-electron chi connectivity index (χ2n) is 5.28. The van der Waals surface area contributed by atoms with Crippen LogP contribution in [0.1, 0.15) is 37.1 Å². The Labute approximate surface area is 118 Å². The topological polar surface area (TPSA) is 52.1 Å². The van der Waals surface area contributed by atoms with Gasteiger partial charge < -0.3 is 10.0 Å². The van der Waals surface area contributed by atoms with Crippen LogP contribution < -0.4 is 4.90 Å². The Morgan fingerprint density at radius 2 is 1.95 bits per heavy atom. The van der Waals surface area contributed by atoms with Crippen LogP contribution in [0.5, 0.6) is 0 Å². The summed E-state index contributed by atoms with van der Waals surface area (Å²) in [6, 6.07) is 7.87. The lowest BCUT2D eigenvalue weighted by Gasteiger charge is -2.20. The van der Waals surface area contributed by atoms with Crippen LogP contribution in [0.2, 0.25) is 0 Å². The first kappa shape index (κ1) is 14.5. The average Bonchev–Trinajstić information content (AvgIpc) is 2.89. The molecular formula is C15H20FN3O. The van der Waals surface area contributed by atoms with Gasteiger partial charge in [0.2, 0.25) is 0 Å². The van der Waals surface area contributed by atoms with Gasteiger partial charge in [0, 0.05) is 25.4 Å². The van der Waals surface area contributed by atoms with E-state index in [0.717, 1.165) is 11.5 Å². The molecule has 0 spiro atoms. The third kappa shape index (κ3) is 3.36. The molecule has 0 saturated carbocycles. The number of rotatable bonds is 5. The van der Waals surface area contributed by atoms with Crippen molar-refractivity contribution in [1.29, 1.82) is 0 Å². The molecule has 2 N–H and O–H groups in total. The minimum atomic E-state index is -0.681. The number of nitrogens with one attached hydrogen (secondary N) is 1. The molecule has 0 saturated heterocycles. The number of aromatic amines is 1. The van der Waals surface area contributed by atoms with Gasteiger partial charge in [-0.3, -0.25) is 5.10 Å². The first-order chi connectivity index (χ1) is 9.47. The molecule has 1 atom stereocenters. The lowest BCUT2D eigenvalue weighted by atomic mass is 10.1. The largest absolute Gasteiger partial charge is 0.387 e. The fourth-order valence-electron chi connectivity index (χ4n) is 1.96. The summed E-state index contributed by atoms with van der Waals surface area (Å²) in [5, 5.41) is 17.4. The van der Waals surface area contributed by atoms with Crippen molar-refractivity contribution in [2.45, 2.75) is 25.9 Å². The van der Waals surface area contributed by atoms with Crippen LogP contribution >= 0.6 is 0 Å². The molecule has 1 heterocycles. The molecule has 0 radical (unpaired) electrons. The molecule has 0 aliphatic rings. The van der Waals surface area contributed by atoms with E-state index >= 15 is 0 Å². The Morgan fingerprint density at radius 3 is 2.50 bits per heavy atom. The lowest BCUT2D eigenvalue weighted by Crippen LogP contribution is -2.24. The van der Waals surface area contributed by atoms with E-state index in [0.29, 0.717) is 18.0 Å². The van der Waals surface area contributed by atoms with Crippen molar-refractivity contribution in [3.8, 4) is 0 Å². The zero-order valence-electron chi connectivity index (χ0n) is 12.0. The molecule has 4 nitrogen and oxygen atoms in total. The summed E-state index contributed by atoms with van der Waals surface area (Å²) in [5.74, 6) is 0.865. The zero-order valence-corrected chi connectivity index (χ0v) is 12.0. The van der Waals surface area contributed by atoms with Gasteiger partial charge in [0.1, 0.15) is 11.6 Å². The Balaban J connectivity index is 2.02. The highest BCUT2D eigenvalue weighted by Gasteiger charge is 2.14. The van der Waals surface area contributed by atoms with Gasteiger partial charge in [0.25, 0.3) is 0 Å². The van der Waals surface area contributed by atoms with E-state index in [1.807, 2.05) is 18.0 Å². The number of benzene rings is 1. The van der Waals surface area contributed by atoms with Gasteiger partial charge in [0.15, 0.2) is 0 Å². The summed E-state index contributed by atoms with van der Waals surface area (Å²) < 4.78 is 12.8. The van der Waals surface area contributed by atoms with Gasteiger partial charge in [-0.05, 0) is 23.6 Å². The third-order valence-electron chi connectivity index (χ3n) is 3.30. The summed E-state index contributed by atoms with van der Waals surface area (Å²) in [4.78, 5) is 1.87. The Morgan fingerprint density at radius 1 is 1.30 bits per heavy atom. The fourth-order valence-corrected chi connectivity index (χ4v) is 1.96. The van der Waals surface area contributed by atoms with Crippen molar-refractivity contribution in [2.24, 2.45) is 0 Å². The number of aliphatic hydroxyl groups excluding tert-OH is 1. The predicted molar refractivity (Wildman–Crippen MR) is 77.3 cm³/mol. The number of aliphatic hydroxyl groups is 1. The van der Waals surface area contributed by atoms with Gasteiger partial charge in [-0.25, -0.2) is 4.39 Å². The molecule has 0 unspecified atom stereocenters. The standard InChI is InChI=1S/C15H20FN3O/c1-10(2)13-8-15(18-17-13)19(3)9-14(20)11-4-6-12(16)7-5-11/h4-8,10,14,20H,9H2,1-3H3,(H,17,18)/t14-/m1/s1. The maximum atomic E-state index is 12.8. The first-order valence-corrected chi connectivity index (χ1v) is 6.67. The van der Waals surface area contributed by atoms with Crippen LogP contribution in [0, 0.1) is 5.82 Å². The summed E-state index contributed by atoms with van der Waals surface area (Å²) in [6.45, 7) is 4.57. The molecule has 0 aliphatic carbocycles. The first-order valence-electron chi connectivity index (χ1n) is 6.67. The predicted octanol–water partition coefficient (Wildman–Crippen LogP) is 2.84. The van der Waals surface area contributed by atoms with Crippen molar-refractivity contribution in [3.63, 3.8) is 0 Å². The molecule has 0 bridgehead atoms.